The van der Waals surface area contributed by atoms with Crippen molar-refractivity contribution in [2.75, 3.05) is 39.3 Å². The van der Waals surface area contributed by atoms with Gasteiger partial charge in [0.05, 0.1) is 49.3 Å². The van der Waals surface area contributed by atoms with Gasteiger partial charge in [-0.3, -0.25) is 24.6 Å². The van der Waals surface area contributed by atoms with E-state index in [1.165, 1.54) is 11.0 Å². The van der Waals surface area contributed by atoms with E-state index in [1.54, 1.807) is 24.3 Å². The maximum Gasteiger partial charge on any atom is 0.278 e. The number of amides is 2. The van der Waals surface area contributed by atoms with Crippen LogP contribution in [0.3, 0.4) is 0 Å². The van der Waals surface area contributed by atoms with Gasteiger partial charge in [-0.15, -0.1) is 0 Å². The zero-order chi connectivity index (χ0) is 24.0. The predicted octanol–water partition coefficient (Wildman–Crippen LogP) is 1.83. The van der Waals surface area contributed by atoms with Crippen molar-refractivity contribution in [3.05, 3.63) is 69.3 Å². The molecule has 0 aliphatic carbocycles. The molecule has 0 spiro atoms. The Bertz CT molecular complexity index is 1350. The minimum atomic E-state index is -0.463. The Kier molecular flexibility index (Phi) is 5.29. The first kappa shape index (κ1) is 21.7. The van der Waals surface area contributed by atoms with Gasteiger partial charge in [-0.2, -0.15) is 0 Å². The number of carbonyl (C=O) groups excluding carboxylic acids is 2. The van der Waals surface area contributed by atoms with Crippen molar-refractivity contribution >= 4 is 34.0 Å². The molecule has 2 heterocycles. The van der Waals surface area contributed by atoms with Gasteiger partial charge >= 0.3 is 0 Å². The number of imide groups is 1. The molecule has 2 aliphatic rings. The van der Waals surface area contributed by atoms with Crippen LogP contribution in [0, 0.1) is 10.1 Å². The highest BCUT2D eigenvalue weighted by molar-refractivity contribution is 6.25. The third-order valence-electron chi connectivity index (χ3n) is 6.02. The summed E-state index contributed by atoms with van der Waals surface area (Å²) in [4.78, 5) is 39.8. The van der Waals surface area contributed by atoms with Crippen LogP contribution >= 0.6 is 0 Å². The first-order chi connectivity index (χ1) is 16.3. The smallest absolute Gasteiger partial charge is 0.278 e. The normalized spacial score (nSPS) is 14.3. The van der Waals surface area contributed by atoms with Crippen LogP contribution in [0.4, 0.5) is 11.4 Å². The lowest BCUT2D eigenvalue weighted by Crippen LogP contribution is -3.06. The lowest BCUT2D eigenvalue weighted by atomic mass is 9.93. The van der Waals surface area contributed by atoms with Gasteiger partial charge in [-0.05, 0) is 29.7 Å². The summed E-state index contributed by atoms with van der Waals surface area (Å²) >= 11 is 0. The molecule has 0 unspecified atom stereocenters. The Hall–Kier alpha value is -4.18. The van der Waals surface area contributed by atoms with E-state index in [-0.39, 0.29) is 30.8 Å². The molecule has 10 heteroatoms. The van der Waals surface area contributed by atoms with Crippen LogP contribution in [0.15, 0.2) is 42.5 Å². The van der Waals surface area contributed by atoms with Crippen molar-refractivity contribution in [2.45, 2.75) is 6.54 Å². The SMILES string of the molecule is C[NH+](C)CCN1C(=O)c2cccc3cc(NCc4cc5c(cc4[N+](=O)[O-])OCO5)cc(c23)C1=O. The summed E-state index contributed by atoms with van der Waals surface area (Å²) in [6.07, 6.45) is 0. The minimum absolute atomic E-state index is 0.0202. The lowest BCUT2D eigenvalue weighted by molar-refractivity contribution is -0.857. The Labute approximate surface area is 194 Å². The highest BCUT2D eigenvalue weighted by atomic mass is 16.7. The molecule has 0 bridgehead atoms. The molecule has 34 heavy (non-hydrogen) atoms. The second kappa shape index (κ2) is 8.31. The van der Waals surface area contributed by atoms with Gasteiger partial charge in [-0.1, -0.05) is 12.1 Å². The highest BCUT2D eigenvalue weighted by Crippen LogP contribution is 2.38. The number of hydrogen-bond acceptors (Lipinski definition) is 7. The first-order valence-corrected chi connectivity index (χ1v) is 10.9. The van der Waals surface area contributed by atoms with Crippen LogP contribution in [-0.4, -0.2) is 55.6 Å². The van der Waals surface area contributed by atoms with Crippen molar-refractivity contribution in [1.82, 2.24) is 4.90 Å². The molecule has 2 amide bonds. The number of quaternary nitrogens is 1. The number of nitrogens with one attached hydrogen (secondary N) is 2. The van der Waals surface area contributed by atoms with E-state index in [1.807, 2.05) is 26.2 Å². The average molecular weight is 463 g/mol. The fraction of sp³-hybridized carbons (Fsp3) is 0.250. The van der Waals surface area contributed by atoms with Crippen LogP contribution in [0.2, 0.25) is 0 Å². The van der Waals surface area contributed by atoms with Gasteiger partial charge in [0, 0.05) is 23.2 Å². The molecule has 5 rings (SSSR count). The topological polar surface area (TPSA) is 115 Å². The van der Waals surface area contributed by atoms with Crippen molar-refractivity contribution in [2.24, 2.45) is 0 Å². The minimum Gasteiger partial charge on any atom is -0.454 e. The molecule has 2 N–H and O–H groups in total. The number of nitro benzene ring substituents is 1. The van der Waals surface area contributed by atoms with Crippen LogP contribution < -0.4 is 19.7 Å². The zero-order valence-electron chi connectivity index (χ0n) is 18.7. The van der Waals surface area contributed by atoms with Gasteiger partial charge in [0.2, 0.25) is 6.79 Å². The number of benzene rings is 3. The zero-order valence-corrected chi connectivity index (χ0v) is 18.7. The number of hydrogen-bond donors (Lipinski definition) is 2. The van der Waals surface area contributed by atoms with E-state index in [4.69, 9.17) is 9.47 Å². The summed E-state index contributed by atoms with van der Waals surface area (Å²) in [5, 5.41) is 16.1. The molecular weight excluding hydrogens is 440 g/mol. The van der Waals surface area contributed by atoms with Crippen LogP contribution in [0.5, 0.6) is 11.5 Å². The number of carbonyl (C=O) groups is 2. The Morgan fingerprint density at radius 2 is 1.79 bits per heavy atom. The van der Waals surface area contributed by atoms with E-state index in [0.717, 1.165) is 10.3 Å². The number of anilines is 1. The number of likely N-dealkylation sites (N-methyl/N-ethyl adjacent to an activating group) is 1. The molecular formula is C24H23N4O6+. The van der Waals surface area contributed by atoms with E-state index in [9.17, 15) is 19.7 Å². The molecule has 0 saturated heterocycles. The van der Waals surface area contributed by atoms with E-state index in [2.05, 4.69) is 5.32 Å². The average Bonchev–Trinajstić information content (AvgIpc) is 3.27. The van der Waals surface area contributed by atoms with E-state index in [0.29, 0.717) is 52.4 Å². The molecule has 2 aliphatic heterocycles. The molecule has 0 aromatic heterocycles. The van der Waals surface area contributed by atoms with Crippen molar-refractivity contribution < 1.29 is 28.9 Å². The summed E-state index contributed by atoms with van der Waals surface area (Å²) in [5.74, 6) is 0.162. The maximum absolute atomic E-state index is 13.3. The van der Waals surface area contributed by atoms with Gasteiger partial charge in [-0.25, -0.2) is 0 Å². The maximum atomic E-state index is 13.3. The second-order valence-electron chi connectivity index (χ2n) is 8.59. The molecule has 0 fully saturated rings. The van der Waals surface area contributed by atoms with Crippen LogP contribution in [0.1, 0.15) is 26.3 Å². The molecule has 0 radical (unpaired) electrons. The molecule has 174 valence electrons. The van der Waals surface area contributed by atoms with Crippen molar-refractivity contribution in [1.29, 1.82) is 0 Å². The number of fused-ring (bicyclic) bond motifs is 1. The Morgan fingerprint density at radius 3 is 2.53 bits per heavy atom. The van der Waals surface area contributed by atoms with Crippen molar-refractivity contribution in [3.8, 4) is 11.5 Å². The highest BCUT2D eigenvalue weighted by Gasteiger charge is 2.33. The van der Waals surface area contributed by atoms with Gasteiger partial charge in [0.1, 0.15) is 0 Å². The summed E-state index contributed by atoms with van der Waals surface area (Å²) in [5.41, 5.74) is 1.89. The molecule has 0 saturated carbocycles. The number of nitrogens with zero attached hydrogens (tertiary/aromatic N) is 2. The summed E-state index contributed by atoms with van der Waals surface area (Å²) in [7, 11) is 3.93. The fourth-order valence-corrected chi connectivity index (χ4v) is 4.28. The predicted molar refractivity (Wildman–Crippen MR) is 124 cm³/mol. The third kappa shape index (κ3) is 3.67. The fourth-order valence-electron chi connectivity index (χ4n) is 4.28. The van der Waals surface area contributed by atoms with Crippen molar-refractivity contribution in [3.63, 3.8) is 0 Å². The molecule has 0 atom stereocenters. The third-order valence-corrected chi connectivity index (χ3v) is 6.02. The second-order valence-corrected chi connectivity index (χ2v) is 8.59. The Morgan fingerprint density at radius 1 is 1.06 bits per heavy atom. The van der Waals surface area contributed by atoms with Gasteiger partial charge in [0.15, 0.2) is 11.5 Å². The van der Waals surface area contributed by atoms with Crippen LogP contribution in [-0.2, 0) is 6.54 Å². The summed E-state index contributed by atoms with van der Waals surface area (Å²) in [6, 6.07) is 11.9. The quantitative estimate of drug-likeness (QED) is 0.312. The molecule has 10 nitrogen and oxygen atoms in total. The number of ether oxygens (including phenoxy) is 2. The largest absolute Gasteiger partial charge is 0.454 e. The monoisotopic (exact) mass is 463 g/mol. The van der Waals surface area contributed by atoms with E-state index < -0.39 is 4.92 Å². The van der Waals surface area contributed by atoms with Crippen LogP contribution in [0.25, 0.3) is 10.8 Å². The summed E-state index contributed by atoms with van der Waals surface area (Å²) < 4.78 is 10.6. The number of rotatable bonds is 7. The van der Waals surface area contributed by atoms with E-state index >= 15 is 0 Å². The lowest BCUT2D eigenvalue weighted by Gasteiger charge is -2.28. The standard InChI is InChI=1S/C24H22N4O6/c1-26(2)6-7-27-23(29)17-5-3-4-14-8-16(10-18(22(14)17)24(27)30)25-12-15-9-20-21(34-13-33-20)11-19(15)28(31)32/h3-5,8-11,25H,6-7,12-13H2,1-2H3/p+1. The Balaban J connectivity index is 1.49. The first-order valence-electron chi connectivity index (χ1n) is 10.9. The summed E-state index contributed by atoms with van der Waals surface area (Å²) in [6.45, 7) is 1.11. The van der Waals surface area contributed by atoms with Gasteiger partial charge in [0.25, 0.3) is 17.5 Å². The molecule has 3 aromatic rings. The number of nitro groups is 1. The van der Waals surface area contributed by atoms with Gasteiger partial charge < -0.3 is 19.7 Å². The molecule has 3 aromatic carbocycles.